The molecular weight excluding hydrogens is 348 g/mol. The second-order valence-electron chi connectivity index (χ2n) is 8.59. The number of aryl methyl sites for hydroxylation is 4. The lowest BCUT2D eigenvalue weighted by molar-refractivity contribution is 0.891. The lowest BCUT2D eigenvalue weighted by Gasteiger charge is -2.24. The molecule has 0 aliphatic heterocycles. The summed E-state index contributed by atoms with van der Waals surface area (Å²) in [5, 5.41) is 0. The van der Waals surface area contributed by atoms with E-state index in [0.717, 1.165) is 12.8 Å². The van der Waals surface area contributed by atoms with E-state index >= 15 is 0 Å². The lowest BCUT2D eigenvalue weighted by Crippen LogP contribution is -2.08. The first-order valence-electron chi connectivity index (χ1n) is 10.6. The van der Waals surface area contributed by atoms with Crippen molar-refractivity contribution in [2.24, 2.45) is 0 Å². The molecule has 29 heavy (non-hydrogen) atoms. The van der Waals surface area contributed by atoms with Gasteiger partial charge in [0.25, 0.3) is 0 Å². The number of allylic oxidation sites excluding steroid dienone is 4. The smallest absolute Gasteiger partial charge is 0.0308 e. The lowest BCUT2D eigenvalue weighted by atomic mass is 9.80. The Kier molecular flexibility index (Phi) is 5.53. The molecule has 0 N–H and O–H groups in total. The molecule has 0 radical (unpaired) electrons. The van der Waals surface area contributed by atoms with Crippen molar-refractivity contribution in [3.63, 3.8) is 0 Å². The third-order valence-electron chi connectivity index (χ3n) is 5.81. The summed E-state index contributed by atoms with van der Waals surface area (Å²) < 4.78 is 0. The Morgan fingerprint density at radius 2 is 1.21 bits per heavy atom. The first-order valence-corrected chi connectivity index (χ1v) is 10.6. The van der Waals surface area contributed by atoms with Gasteiger partial charge in [0, 0.05) is 5.92 Å². The van der Waals surface area contributed by atoms with E-state index in [1.807, 2.05) is 0 Å². The van der Waals surface area contributed by atoms with Gasteiger partial charge in [-0.15, -0.1) is 0 Å². The maximum atomic E-state index is 2.38. The fraction of sp³-hybridized carbons (Fsp3) is 0.241. The predicted molar refractivity (Wildman–Crippen MR) is 125 cm³/mol. The highest BCUT2D eigenvalue weighted by atomic mass is 14.3. The molecule has 3 aromatic carbocycles. The zero-order valence-corrected chi connectivity index (χ0v) is 18.0. The molecule has 0 heteroatoms. The zero-order chi connectivity index (χ0) is 20.4. The largest absolute Gasteiger partial charge is 0.0801 e. The summed E-state index contributed by atoms with van der Waals surface area (Å²) in [5.74, 6) is 0.306. The van der Waals surface area contributed by atoms with Crippen molar-refractivity contribution in [3.05, 3.63) is 129 Å². The van der Waals surface area contributed by atoms with Gasteiger partial charge in [0.2, 0.25) is 0 Å². The van der Waals surface area contributed by atoms with Crippen LogP contribution in [0.15, 0.2) is 90.0 Å². The highest BCUT2D eigenvalue weighted by Crippen LogP contribution is 2.40. The van der Waals surface area contributed by atoms with Gasteiger partial charge in [-0.3, -0.25) is 0 Å². The molecule has 1 aliphatic rings. The van der Waals surface area contributed by atoms with Crippen LogP contribution in [0.1, 0.15) is 51.3 Å². The molecule has 4 rings (SSSR count). The van der Waals surface area contributed by atoms with E-state index in [2.05, 4.69) is 107 Å². The summed E-state index contributed by atoms with van der Waals surface area (Å²) in [6.45, 7) is 8.84. The highest BCUT2D eigenvalue weighted by molar-refractivity contribution is 5.52. The van der Waals surface area contributed by atoms with Crippen molar-refractivity contribution < 1.29 is 0 Å². The average molecular weight is 379 g/mol. The van der Waals surface area contributed by atoms with Crippen LogP contribution in [-0.2, 0) is 6.42 Å². The zero-order valence-electron chi connectivity index (χ0n) is 18.0. The molecular formula is C29H30. The number of rotatable bonds is 5. The van der Waals surface area contributed by atoms with Gasteiger partial charge in [0.05, 0.1) is 0 Å². The van der Waals surface area contributed by atoms with Crippen LogP contribution in [0.4, 0.5) is 0 Å². The van der Waals surface area contributed by atoms with Crippen LogP contribution >= 0.6 is 0 Å². The number of hydrogen-bond acceptors (Lipinski definition) is 0. The first kappa shape index (κ1) is 19.5. The van der Waals surface area contributed by atoms with Gasteiger partial charge >= 0.3 is 0 Å². The quantitative estimate of drug-likeness (QED) is 0.430. The van der Waals surface area contributed by atoms with Gasteiger partial charge in [-0.25, -0.2) is 0 Å². The van der Waals surface area contributed by atoms with Crippen molar-refractivity contribution >= 4 is 0 Å². The Labute approximate surface area is 175 Å². The molecule has 1 aliphatic carbocycles. The van der Waals surface area contributed by atoms with E-state index in [1.54, 1.807) is 5.57 Å². The minimum Gasteiger partial charge on any atom is -0.0801 e. The average Bonchev–Trinajstić information content (AvgIpc) is 3.09. The van der Waals surface area contributed by atoms with Crippen LogP contribution in [0.25, 0.3) is 0 Å². The van der Waals surface area contributed by atoms with Crippen LogP contribution in [0, 0.1) is 27.7 Å². The standard InChI is InChI=1S/C29H30/c1-20-13-21(2)16-26(15-20)29(27-17-22(3)14-23(4)18-27)28-12-8-11-25(28)19-24-9-6-5-7-10-24/h5-11,13-18,29H,12,19H2,1-4H3. The minimum absolute atomic E-state index is 0.306. The Morgan fingerprint density at radius 3 is 1.72 bits per heavy atom. The van der Waals surface area contributed by atoms with Gasteiger partial charge in [-0.1, -0.05) is 107 Å². The molecule has 3 aromatic rings. The van der Waals surface area contributed by atoms with Crippen LogP contribution in [0.5, 0.6) is 0 Å². The third-order valence-corrected chi connectivity index (χ3v) is 5.81. The van der Waals surface area contributed by atoms with E-state index < -0.39 is 0 Å². The molecule has 0 heterocycles. The molecule has 0 saturated carbocycles. The van der Waals surface area contributed by atoms with Crippen molar-refractivity contribution in [3.8, 4) is 0 Å². The fourth-order valence-corrected chi connectivity index (χ4v) is 4.81. The van der Waals surface area contributed by atoms with Gasteiger partial charge in [0.1, 0.15) is 0 Å². The van der Waals surface area contributed by atoms with E-state index in [9.17, 15) is 0 Å². The predicted octanol–water partition coefficient (Wildman–Crippen LogP) is 7.55. The van der Waals surface area contributed by atoms with E-state index in [1.165, 1.54) is 44.5 Å². The molecule has 0 spiro atoms. The summed E-state index contributed by atoms with van der Waals surface area (Å²) in [6, 6.07) is 24.9. The molecule has 0 atom stereocenters. The molecule has 0 fully saturated rings. The highest BCUT2D eigenvalue weighted by Gasteiger charge is 2.24. The minimum atomic E-state index is 0.306. The van der Waals surface area contributed by atoms with Gasteiger partial charge in [-0.2, -0.15) is 0 Å². The van der Waals surface area contributed by atoms with Crippen molar-refractivity contribution in [1.82, 2.24) is 0 Å². The molecule has 0 saturated heterocycles. The third kappa shape index (κ3) is 4.43. The molecule has 0 bridgehead atoms. The Hall–Kier alpha value is -2.86. The van der Waals surface area contributed by atoms with E-state index in [4.69, 9.17) is 0 Å². The van der Waals surface area contributed by atoms with Gasteiger partial charge in [-0.05, 0) is 62.8 Å². The summed E-state index contributed by atoms with van der Waals surface area (Å²) >= 11 is 0. The maximum Gasteiger partial charge on any atom is 0.0308 e. The second-order valence-corrected chi connectivity index (χ2v) is 8.59. The van der Waals surface area contributed by atoms with Gasteiger partial charge in [0.15, 0.2) is 0 Å². The van der Waals surface area contributed by atoms with E-state index in [-0.39, 0.29) is 0 Å². The summed E-state index contributed by atoms with van der Waals surface area (Å²) in [5.41, 5.74) is 12.6. The summed E-state index contributed by atoms with van der Waals surface area (Å²) in [4.78, 5) is 0. The Morgan fingerprint density at radius 1 is 0.690 bits per heavy atom. The van der Waals surface area contributed by atoms with E-state index in [0.29, 0.717) is 5.92 Å². The topological polar surface area (TPSA) is 0 Å². The summed E-state index contributed by atoms with van der Waals surface area (Å²) in [6.07, 6.45) is 6.72. The molecule has 146 valence electrons. The molecule has 0 amide bonds. The van der Waals surface area contributed by atoms with Crippen LogP contribution in [0.2, 0.25) is 0 Å². The SMILES string of the molecule is Cc1cc(C)cc(C(C2=C(Cc3ccccc3)C=CC2)c2cc(C)cc(C)c2)c1. The maximum absolute atomic E-state index is 2.38. The van der Waals surface area contributed by atoms with Crippen molar-refractivity contribution in [1.29, 1.82) is 0 Å². The molecule has 0 aromatic heterocycles. The first-order chi connectivity index (χ1) is 14.0. The van der Waals surface area contributed by atoms with Crippen molar-refractivity contribution in [2.75, 3.05) is 0 Å². The summed E-state index contributed by atoms with van der Waals surface area (Å²) in [7, 11) is 0. The molecule has 0 unspecified atom stereocenters. The Bertz CT molecular complexity index is 988. The number of benzene rings is 3. The van der Waals surface area contributed by atoms with Crippen LogP contribution < -0.4 is 0 Å². The normalized spacial score (nSPS) is 13.6. The van der Waals surface area contributed by atoms with Crippen LogP contribution in [-0.4, -0.2) is 0 Å². The Balaban J connectivity index is 1.86. The second kappa shape index (κ2) is 8.25. The van der Waals surface area contributed by atoms with Crippen molar-refractivity contribution in [2.45, 2.75) is 46.5 Å². The molecule has 0 nitrogen and oxygen atoms in total. The number of hydrogen-bond donors (Lipinski definition) is 0. The van der Waals surface area contributed by atoms with Gasteiger partial charge < -0.3 is 0 Å². The monoisotopic (exact) mass is 378 g/mol. The van der Waals surface area contributed by atoms with Crippen LogP contribution in [0.3, 0.4) is 0 Å². The fourth-order valence-electron chi connectivity index (χ4n) is 4.81.